The fraction of sp³-hybridized carbons (Fsp3) is 0.725. The summed E-state index contributed by atoms with van der Waals surface area (Å²) in [5.41, 5.74) is 13.0. The van der Waals surface area contributed by atoms with Crippen molar-refractivity contribution in [2.45, 2.75) is 231 Å². The van der Waals surface area contributed by atoms with E-state index in [4.69, 9.17) is 0 Å². The van der Waals surface area contributed by atoms with E-state index in [1.807, 2.05) is 5.56 Å². The molecule has 0 radical (unpaired) electrons. The summed E-state index contributed by atoms with van der Waals surface area (Å²) in [5, 5.41) is 0. The summed E-state index contributed by atoms with van der Waals surface area (Å²) in [6, 6.07) is 22.7. The first kappa shape index (κ1) is 37.6. The van der Waals surface area contributed by atoms with Crippen LogP contribution in [-0.4, -0.2) is 34.0 Å². The van der Waals surface area contributed by atoms with Crippen LogP contribution >= 0.6 is 14.5 Å². The Kier molecular flexibility index (Phi) is 12.0. The van der Waals surface area contributed by atoms with E-state index in [0.29, 0.717) is 4.90 Å². The van der Waals surface area contributed by atoms with Gasteiger partial charge >= 0.3 is 0 Å². The maximum atomic E-state index is 3.37. The maximum Gasteiger partial charge on any atom is 0.222 e. The molecule has 0 spiro atoms. The molecule has 0 unspecified atom stereocenters. The molecule has 0 heterocycles. The predicted octanol–water partition coefficient (Wildman–Crippen LogP) is 16.3. The van der Waals surface area contributed by atoms with Crippen LogP contribution in [0.2, 0.25) is 0 Å². The lowest BCUT2D eigenvalue weighted by atomic mass is 9.98. The number of hydrogen-bond donors (Lipinski definition) is 0. The molecule has 0 nitrogen and oxygen atoms in total. The predicted molar refractivity (Wildman–Crippen MR) is 237 cm³/mol. The van der Waals surface area contributed by atoms with Gasteiger partial charge in [-0.3, -0.25) is 0 Å². The third-order valence-corrected chi connectivity index (χ3v) is 32.8. The second-order valence-corrected chi connectivity index (χ2v) is 29.1. The van der Waals surface area contributed by atoms with Crippen molar-refractivity contribution in [1.29, 1.82) is 0 Å². The van der Waals surface area contributed by atoms with Crippen LogP contribution in [0.5, 0.6) is 0 Å². The molecule has 0 amide bonds. The van der Waals surface area contributed by atoms with Gasteiger partial charge in [-0.1, -0.05) is 87.1 Å². The average Bonchev–Trinajstić information content (AvgIpc) is 3.60. The lowest BCUT2D eigenvalue weighted by Gasteiger charge is -2.64. The van der Waals surface area contributed by atoms with Gasteiger partial charge in [-0.05, 0) is 177 Å². The minimum Gasteiger partial charge on any atom is -0.0622 e. The first-order valence-corrected chi connectivity index (χ1v) is 28.0. The highest BCUT2D eigenvalue weighted by atomic mass is 31.2. The minimum absolute atomic E-state index is 0.333. The molecule has 9 rings (SSSR count). The molecule has 0 aliphatic heterocycles. The molecule has 6 saturated carbocycles. The van der Waals surface area contributed by atoms with Crippen molar-refractivity contribution < 1.29 is 0 Å². The molecule has 0 N–H and O–H groups in total. The Bertz CT molecular complexity index is 1330. The van der Waals surface area contributed by atoms with Gasteiger partial charge in [0.25, 0.3) is 0 Å². The smallest absolute Gasteiger partial charge is 0.0622 e. The monoisotopic (exact) mass is 751 g/mol. The van der Waals surface area contributed by atoms with Crippen molar-refractivity contribution in [3.8, 4) is 0 Å². The Morgan fingerprint density at radius 3 is 0.981 bits per heavy atom. The Balaban J connectivity index is 1.46. The summed E-state index contributed by atoms with van der Waals surface area (Å²) >= 11 is 0. The zero-order chi connectivity index (χ0) is 35.6. The largest absolute Gasteiger partial charge is 0.222 e. The number of benzene rings is 2. The van der Waals surface area contributed by atoms with Gasteiger partial charge in [0.2, 0.25) is 4.90 Å². The maximum absolute atomic E-state index is 3.37. The summed E-state index contributed by atoms with van der Waals surface area (Å²) in [7, 11) is -3.28. The van der Waals surface area contributed by atoms with Crippen LogP contribution in [0.25, 0.3) is 5.57 Å². The molecule has 2 aromatic rings. The van der Waals surface area contributed by atoms with Gasteiger partial charge in [-0.2, -0.15) is 0 Å². The van der Waals surface area contributed by atoms with E-state index in [9.17, 15) is 0 Å². The van der Waals surface area contributed by atoms with Crippen molar-refractivity contribution in [2.75, 3.05) is 0 Å². The van der Waals surface area contributed by atoms with E-state index in [1.54, 1.807) is 93.7 Å². The van der Waals surface area contributed by atoms with Crippen molar-refractivity contribution in [1.82, 2.24) is 0 Å². The van der Waals surface area contributed by atoms with Crippen molar-refractivity contribution >= 4 is 20.1 Å². The van der Waals surface area contributed by atoms with E-state index in [-0.39, 0.29) is 0 Å². The molecule has 7 aliphatic carbocycles. The quantitative estimate of drug-likeness (QED) is 0.224. The number of allylic oxidation sites excluding steroid dienone is 1. The number of hydrogen-bond acceptors (Lipinski definition) is 0. The Hall–Kier alpha value is -0.960. The highest BCUT2D eigenvalue weighted by molar-refractivity contribution is 7.95. The molecular formula is C51H76P2+2. The second kappa shape index (κ2) is 16.9. The van der Waals surface area contributed by atoms with Crippen LogP contribution in [0.3, 0.4) is 0 Å². The van der Waals surface area contributed by atoms with Gasteiger partial charge in [0.1, 0.15) is 0 Å². The Labute approximate surface area is 327 Å². The van der Waals surface area contributed by atoms with E-state index in [0.717, 1.165) is 34.0 Å². The SMILES string of the molecule is C1=C(c2ccccc2)c2ccccc2C1([P+](C1CCCCC1)(C1CCCCC1)C1CCCCC1)[P+](C1CCCCC1)(C1CCCCC1)C1CCCCC1. The van der Waals surface area contributed by atoms with Gasteiger partial charge in [0.15, 0.2) is 0 Å². The Morgan fingerprint density at radius 1 is 0.340 bits per heavy atom. The van der Waals surface area contributed by atoms with Gasteiger partial charge in [0.05, 0.1) is 48.5 Å². The molecule has 0 atom stereocenters. The average molecular weight is 751 g/mol. The normalized spacial score (nSPS) is 26.7. The zero-order valence-electron chi connectivity index (χ0n) is 33.8. The Morgan fingerprint density at radius 2 is 0.642 bits per heavy atom. The lowest BCUT2D eigenvalue weighted by Crippen LogP contribution is -2.53. The van der Waals surface area contributed by atoms with Crippen LogP contribution in [0, 0.1) is 0 Å². The lowest BCUT2D eigenvalue weighted by molar-refractivity contribution is 0.432. The van der Waals surface area contributed by atoms with Crippen molar-refractivity contribution in [2.24, 2.45) is 0 Å². The van der Waals surface area contributed by atoms with Crippen LogP contribution < -0.4 is 0 Å². The molecule has 2 aromatic carbocycles. The van der Waals surface area contributed by atoms with Crippen LogP contribution in [0.15, 0.2) is 60.7 Å². The summed E-state index contributed by atoms with van der Waals surface area (Å²) in [5.74, 6) is 0. The molecule has 53 heavy (non-hydrogen) atoms. The molecule has 6 fully saturated rings. The highest BCUT2D eigenvalue weighted by Crippen LogP contribution is 3.03. The fourth-order valence-electron chi connectivity index (χ4n) is 15.7. The number of fused-ring (bicyclic) bond motifs is 1. The summed E-state index contributed by atoms with van der Waals surface area (Å²) < 4.78 is 0. The number of rotatable bonds is 9. The summed E-state index contributed by atoms with van der Waals surface area (Å²) in [6.07, 6.45) is 49.7. The molecule has 0 bridgehead atoms. The first-order valence-electron chi connectivity index (χ1n) is 24.0. The minimum atomic E-state index is -1.64. The molecule has 288 valence electrons. The van der Waals surface area contributed by atoms with E-state index in [1.165, 1.54) is 116 Å². The van der Waals surface area contributed by atoms with Crippen LogP contribution in [-0.2, 0) is 4.90 Å². The van der Waals surface area contributed by atoms with Gasteiger partial charge in [-0.25, -0.2) is 0 Å². The third-order valence-electron chi connectivity index (χ3n) is 17.3. The fourth-order valence-corrected chi connectivity index (χ4v) is 37.2. The van der Waals surface area contributed by atoms with Crippen LogP contribution in [0.4, 0.5) is 0 Å². The molecule has 0 aromatic heterocycles. The van der Waals surface area contributed by atoms with E-state index >= 15 is 0 Å². The molecule has 0 saturated heterocycles. The third kappa shape index (κ3) is 6.35. The zero-order valence-corrected chi connectivity index (χ0v) is 35.6. The van der Waals surface area contributed by atoms with E-state index in [2.05, 4.69) is 60.7 Å². The van der Waals surface area contributed by atoms with Gasteiger partial charge in [0, 0.05) is 11.6 Å². The van der Waals surface area contributed by atoms with Crippen molar-refractivity contribution in [3.05, 3.63) is 77.4 Å². The van der Waals surface area contributed by atoms with Crippen molar-refractivity contribution in [3.63, 3.8) is 0 Å². The topological polar surface area (TPSA) is 0 Å². The summed E-state index contributed by atoms with van der Waals surface area (Å²) in [6.45, 7) is 0. The highest BCUT2D eigenvalue weighted by Gasteiger charge is 2.84. The first-order chi connectivity index (χ1) is 26.3. The van der Waals surface area contributed by atoms with Gasteiger partial charge < -0.3 is 0 Å². The van der Waals surface area contributed by atoms with Crippen LogP contribution in [0.1, 0.15) is 209 Å². The second-order valence-electron chi connectivity index (χ2n) is 19.6. The molecule has 7 aliphatic rings. The standard InChI is InChI=1S/C51H76P2/c1-8-24-41(25-9-1)49-40-51(50-39-23-22-38-48(49)50,52(42-26-10-2-11-27-42,43-28-12-3-13-29-43)44-30-14-4-15-31-44)53(45-32-16-5-17-33-45,46-34-18-6-19-35-46)47-36-20-7-21-37-47/h1,8-9,22-25,38-40,42-47H,2-7,10-21,26-37H2/q+2. The van der Waals surface area contributed by atoms with E-state index < -0.39 is 14.5 Å². The van der Waals surface area contributed by atoms with Gasteiger partial charge in [-0.15, -0.1) is 0 Å². The molecular weight excluding hydrogens is 675 g/mol. The molecule has 2 heteroatoms. The summed E-state index contributed by atoms with van der Waals surface area (Å²) in [4.78, 5) is 0.333.